The van der Waals surface area contributed by atoms with Crippen molar-refractivity contribution in [3.05, 3.63) is 70.5 Å². The van der Waals surface area contributed by atoms with E-state index in [0.717, 1.165) is 102 Å². The molecular weight excluding hydrogens is 1020 g/mol. The van der Waals surface area contributed by atoms with Gasteiger partial charge in [0.2, 0.25) is 5.91 Å². The molecule has 4 aromatic heterocycles. The summed E-state index contributed by atoms with van der Waals surface area (Å²) in [5.41, 5.74) is 11.2. The number of nitrogens with zero attached hydrogens (tertiary/aromatic N) is 8. The van der Waals surface area contributed by atoms with Crippen LogP contribution in [0.5, 0.6) is 0 Å². The number of amides is 2. The molecule has 6 fully saturated rings. The van der Waals surface area contributed by atoms with Crippen molar-refractivity contribution in [2.24, 2.45) is 17.3 Å². The van der Waals surface area contributed by atoms with Crippen molar-refractivity contribution in [3.8, 4) is 22.5 Å². The van der Waals surface area contributed by atoms with Crippen molar-refractivity contribution in [1.29, 1.82) is 0 Å². The highest BCUT2D eigenvalue weighted by atomic mass is 32.1. The summed E-state index contributed by atoms with van der Waals surface area (Å²) >= 11 is 1.49. The Morgan fingerprint density at radius 2 is 1.80 bits per heavy atom. The van der Waals surface area contributed by atoms with Gasteiger partial charge in [0.15, 0.2) is 6.39 Å². The minimum absolute atomic E-state index is 0.0110. The number of hydrogen-bond acceptors (Lipinski definition) is 17. The lowest BCUT2D eigenvalue weighted by atomic mass is 9.84. The van der Waals surface area contributed by atoms with E-state index in [1.165, 1.54) is 35.6 Å². The predicted octanol–water partition coefficient (Wildman–Crippen LogP) is 6.92. The minimum atomic E-state index is -1.07. The molecule has 1 unspecified atom stereocenters. The van der Waals surface area contributed by atoms with E-state index in [0.29, 0.717) is 76.0 Å². The van der Waals surface area contributed by atoms with Crippen LogP contribution >= 0.6 is 11.3 Å². The second kappa shape index (κ2) is 22.9. The van der Waals surface area contributed by atoms with Gasteiger partial charge in [0, 0.05) is 130 Å². The van der Waals surface area contributed by atoms with E-state index in [4.69, 9.17) is 38.1 Å². The summed E-state index contributed by atoms with van der Waals surface area (Å²) < 4.78 is 38.6. The van der Waals surface area contributed by atoms with Crippen LogP contribution in [0, 0.1) is 17.3 Å². The minimum Gasteiger partial charge on any atom is -0.464 e. The molecule has 0 spiro atoms. The van der Waals surface area contributed by atoms with Crippen molar-refractivity contribution >= 4 is 45.7 Å². The quantitative estimate of drug-likeness (QED) is 0.109. The Kier molecular flexibility index (Phi) is 15.7. The van der Waals surface area contributed by atoms with Crippen molar-refractivity contribution in [2.75, 3.05) is 91.4 Å². The summed E-state index contributed by atoms with van der Waals surface area (Å²) in [6.07, 6.45) is 11.4. The van der Waals surface area contributed by atoms with E-state index in [2.05, 4.69) is 85.4 Å². The molecule has 5 aliphatic heterocycles. The number of hydrogen-bond donors (Lipinski definition) is 2. The molecule has 9 heterocycles. The van der Waals surface area contributed by atoms with Crippen LogP contribution in [-0.4, -0.2) is 169 Å². The van der Waals surface area contributed by atoms with E-state index in [1.807, 2.05) is 13.1 Å². The fraction of sp³-hybridized carbons (Fsp3) is 0.627. The number of anilines is 1. The Bertz CT molecular complexity index is 2980. The lowest BCUT2D eigenvalue weighted by molar-refractivity contribution is -0.156. The molecule has 2 saturated carbocycles. The first-order chi connectivity index (χ1) is 38.4. The van der Waals surface area contributed by atoms with Gasteiger partial charge in [-0.2, -0.15) is 0 Å². The van der Waals surface area contributed by atoms with E-state index in [-0.39, 0.29) is 48.6 Å². The number of piperazine rings is 1. The first-order valence-electron chi connectivity index (χ1n) is 28.9. The van der Waals surface area contributed by atoms with Crippen LogP contribution in [-0.2, 0) is 51.0 Å². The Labute approximate surface area is 467 Å². The third-order valence-corrected chi connectivity index (χ3v) is 18.9. The smallest absolute Gasteiger partial charge is 0.324 e. The number of thiazole rings is 1. The van der Waals surface area contributed by atoms with Crippen molar-refractivity contribution in [1.82, 2.24) is 45.1 Å². The van der Waals surface area contributed by atoms with Gasteiger partial charge in [-0.1, -0.05) is 26.8 Å². The van der Waals surface area contributed by atoms with Crippen LogP contribution in [0.1, 0.15) is 113 Å². The molecule has 1 aromatic carbocycles. The molecule has 0 radical (unpaired) electrons. The number of aromatic nitrogens is 4. The molecule has 424 valence electrons. The monoisotopic (exact) mass is 1100 g/mol. The van der Waals surface area contributed by atoms with Gasteiger partial charge in [-0.3, -0.25) is 34.2 Å². The van der Waals surface area contributed by atoms with E-state index in [1.54, 1.807) is 20.5 Å². The van der Waals surface area contributed by atoms with E-state index >= 15 is 4.79 Å². The number of fused-ring (bicyclic) bond motifs is 6. The summed E-state index contributed by atoms with van der Waals surface area (Å²) in [5, 5.41) is 8.64. The van der Waals surface area contributed by atoms with Crippen LogP contribution in [0.25, 0.3) is 33.4 Å². The zero-order chi connectivity index (χ0) is 54.5. The molecule has 12 rings (SSSR count). The van der Waals surface area contributed by atoms with Gasteiger partial charge < -0.3 is 42.9 Å². The lowest BCUT2D eigenvalue weighted by Crippen LogP contribution is -2.62. The Morgan fingerprint density at radius 1 is 0.975 bits per heavy atom. The molecule has 7 aliphatic rings. The summed E-state index contributed by atoms with van der Waals surface area (Å²) in [5.74, 6) is -1.58. The molecule has 79 heavy (non-hydrogen) atoms. The number of hydrazine groups is 1. The Hall–Kier alpha value is -5.32. The van der Waals surface area contributed by atoms with Crippen LogP contribution in [0.3, 0.4) is 0 Å². The van der Waals surface area contributed by atoms with Gasteiger partial charge in [0.25, 0.3) is 5.91 Å². The van der Waals surface area contributed by atoms with Crippen LogP contribution in [0.15, 0.2) is 52.9 Å². The molecule has 2 amide bonds. The molecule has 20 heteroatoms. The number of pyridine rings is 1. The van der Waals surface area contributed by atoms with Crippen LogP contribution in [0.2, 0.25) is 0 Å². The average molecular weight is 1100 g/mol. The first-order valence-corrected chi connectivity index (χ1v) is 29.8. The lowest BCUT2D eigenvalue weighted by Gasteiger charge is -2.39. The summed E-state index contributed by atoms with van der Waals surface area (Å²) in [6, 6.07) is 7.15. The van der Waals surface area contributed by atoms with Crippen LogP contribution < -0.4 is 15.6 Å². The highest BCUT2D eigenvalue weighted by Crippen LogP contribution is 2.53. The van der Waals surface area contributed by atoms with Gasteiger partial charge in [-0.05, 0) is 88.0 Å². The molecule has 4 saturated heterocycles. The third kappa shape index (κ3) is 11.2. The number of carbonyl (C=O) groups excluding carboxylic acids is 3. The van der Waals surface area contributed by atoms with Gasteiger partial charge >= 0.3 is 5.97 Å². The summed E-state index contributed by atoms with van der Waals surface area (Å²) in [7, 11) is 3.45. The second-order valence-electron chi connectivity index (χ2n) is 23.9. The maximum Gasteiger partial charge on any atom is 0.324 e. The summed E-state index contributed by atoms with van der Waals surface area (Å²) in [4.78, 5) is 67.0. The van der Waals surface area contributed by atoms with Gasteiger partial charge in [0.1, 0.15) is 23.4 Å². The standard InChI is InChI=1S/C59H78N10O9S/c1-35-49(46-31-76-34-61-46)50(35)55(70)63-52-54(67-17-13-41(30-67)74-6)56-62-47(32-79-56)37-9-12-48-42(26-37)44(28-59(3,4)33-78-58(72)45-8-7-16-69(64-45)57(52)71)53(68(48)22-25-77-40-14-23-75-24-15-40)43-27-39(29-60-51(43)36(2)73-5)66-20-18-65(19-21-66)38-10-11-38/h9,12,26-27,29,31-32,34-36,38,40-41,45,49-50,52,54,64H,7-8,10-11,13-25,28,30,33H2,1-6H3,(H,63,70)/t35-,36-,41+,45?,49-,50+,52-,54-/m0/s1. The number of esters is 1. The molecule has 8 atom stereocenters. The maximum absolute atomic E-state index is 15.4. The molecule has 6 bridgehead atoms. The fourth-order valence-electron chi connectivity index (χ4n) is 13.2. The zero-order valence-electron chi connectivity index (χ0n) is 46.7. The number of likely N-dealkylation sites (tertiary alicyclic amines) is 1. The number of methoxy groups -OCH3 is 2. The number of oxazole rings is 1. The largest absolute Gasteiger partial charge is 0.464 e. The number of nitrogens with one attached hydrogen (secondary N) is 2. The molecule has 2 N–H and O–H groups in total. The highest BCUT2D eigenvalue weighted by Gasteiger charge is 2.55. The normalized spacial score (nSPS) is 27.7. The average Bonchev–Trinajstić information content (AvgIpc) is 4.25. The topological polar surface area (TPSA) is 191 Å². The first kappa shape index (κ1) is 54.3. The number of cyclic esters (lactones) is 1. The van der Waals surface area contributed by atoms with Gasteiger partial charge in [-0.25, -0.2) is 15.4 Å². The van der Waals surface area contributed by atoms with Gasteiger partial charge in [0.05, 0.1) is 72.2 Å². The van der Waals surface area contributed by atoms with Gasteiger partial charge in [-0.15, -0.1) is 11.3 Å². The van der Waals surface area contributed by atoms with Crippen molar-refractivity contribution in [2.45, 2.75) is 134 Å². The molecular formula is C59H78N10O9S. The van der Waals surface area contributed by atoms with Crippen LogP contribution in [0.4, 0.5) is 5.69 Å². The number of ether oxygens (including phenoxy) is 5. The number of rotatable bonds is 14. The predicted molar refractivity (Wildman–Crippen MR) is 298 cm³/mol. The highest BCUT2D eigenvalue weighted by molar-refractivity contribution is 7.10. The number of benzene rings is 1. The Morgan fingerprint density at radius 3 is 2.54 bits per heavy atom. The Balaban J connectivity index is 0.997. The van der Waals surface area contributed by atoms with Crippen molar-refractivity contribution in [3.63, 3.8) is 0 Å². The SMILES string of the molecule is CO[C@@H]1CCN([C@@H]2c3nc(cs3)-c3ccc4c(c3)c(c(-c3cc(N5CCN(C6CC6)CC5)cnc3[C@H](C)OC)n4CCOC3CCOCC3)CC(C)(C)COC(=O)C3CCCN(N3)C(=O)[C@H]2NC(=O)[C@@H]2[C@@H](C)[C@H]2c2cocn2)C1. The van der Waals surface area contributed by atoms with E-state index in [9.17, 15) is 9.59 Å². The van der Waals surface area contributed by atoms with E-state index < -0.39 is 35.4 Å². The fourth-order valence-corrected chi connectivity index (χ4v) is 14.2. The maximum atomic E-state index is 15.4. The molecule has 19 nitrogen and oxygen atoms in total. The van der Waals surface area contributed by atoms with Crippen molar-refractivity contribution < 1.29 is 42.5 Å². The number of carbonyl (C=O) groups is 3. The zero-order valence-corrected chi connectivity index (χ0v) is 47.5. The third-order valence-electron chi connectivity index (χ3n) is 18.0. The molecule has 2 aliphatic carbocycles. The second-order valence-corrected chi connectivity index (χ2v) is 24.8. The molecule has 5 aromatic rings. The summed E-state index contributed by atoms with van der Waals surface area (Å²) in [6.45, 7) is 16.4.